The Kier molecular flexibility index (Phi) is 3.80. The van der Waals surface area contributed by atoms with Gasteiger partial charge in [0.2, 0.25) is 0 Å². The molecule has 0 aliphatic heterocycles. The van der Waals surface area contributed by atoms with Crippen LogP contribution in [-0.2, 0) is 16.0 Å². The van der Waals surface area contributed by atoms with E-state index >= 15 is 0 Å². The Morgan fingerprint density at radius 2 is 1.83 bits per heavy atom. The van der Waals surface area contributed by atoms with E-state index in [2.05, 4.69) is 0 Å². The van der Waals surface area contributed by atoms with Gasteiger partial charge in [0.05, 0.1) is 12.5 Å². The summed E-state index contributed by atoms with van der Waals surface area (Å²) in [6.07, 6.45) is 2.20. The first-order valence-corrected chi connectivity index (χ1v) is 6.39. The Morgan fingerprint density at radius 1 is 1.22 bits per heavy atom. The summed E-state index contributed by atoms with van der Waals surface area (Å²) < 4.78 is 5.07. The second-order valence-corrected chi connectivity index (χ2v) is 5.05. The number of carbonyl (C=O) groups excluding carboxylic acids is 2. The molecule has 3 heteroatoms. The van der Waals surface area contributed by atoms with Crippen molar-refractivity contribution in [3.63, 3.8) is 0 Å². The number of ketones is 1. The van der Waals surface area contributed by atoms with Gasteiger partial charge in [-0.15, -0.1) is 0 Å². The highest BCUT2D eigenvalue weighted by Crippen LogP contribution is 2.32. The lowest BCUT2D eigenvalue weighted by Crippen LogP contribution is -2.13. The van der Waals surface area contributed by atoms with Gasteiger partial charge in [0, 0.05) is 11.5 Å². The van der Waals surface area contributed by atoms with Gasteiger partial charge in [-0.2, -0.15) is 0 Å². The summed E-state index contributed by atoms with van der Waals surface area (Å²) in [6, 6.07) is 7.27. The highest BCUT2D eigenvalue weighted by molar-refractivity contribution is 5.99. The van der Waals surface area contributed by atoms with Crippen LogP contribution in [0.25, 0.3) is 0 Å². The lowest BCUT2D eigenvalue weighted by atomic mass is 10.0. The molecule has 0 atom stereocenters. The molecule has 1 fully saturated rings. The molecule has 0 aromatic heterocycles. The van der Waals surface area contributed by atoms with Gasteiger partial charge in [0.15, 0.2) is 5.78 Å². The number of carbonyl (C=O) groups is 2. The standard InChI is InChI=1S/C15H18O3/c1-10(2)18-14(16)9-11-3-5-12(6-4-11)15(17)13-7-8-13/h3-6,10,13H,7-9H2,1-2H3. The summed E-state index contributed by atoms with van der Waals surface area (Å²) in [5.74, 6) is 0.235. The third-order valence-electron chi connectivity index (χ3n) is 2.90. The summed E-state index contributed by atoms with van der Waals surface area (Å²) in [5, 5.41) is 0. The quantitative estimate of drug-likeness (QED) is 0.592. The molecule has 0 bridgehead atoms. The third-order valence-corrected chi connectivity index (χ3v) is 2.90. The van der Waals surface area contributed by atoms with E-state index in [4.69, 9.17) is 4.74 Å². The van der Waals surface area contributed by atoms with Crippen LogP contribution in [0.4, 0.5) is 0 Å². The zero-order chi connectivity index (χ0) is 13.1. The van der Waals surface area contributed by atoms with Gasteiger partial charge >= 0.3 is 5.97 Å². The Bertz CT molecular complexity index is 441. The molecule has 1 aromatic rings. The molecule has 3 nitrogen and oxygen atoms in total. The second-order valence-electron chi connectivity index (χ2n) is 5.05. The van der Waals surface area contributed by atoms with Gasteiger partial charge < -0.3 is 4.74 Å². The van der Waals surface area contributed by atoms with E-state index in [9.17, 15) is 9.59 Å². The normalized spacial score (nSPS) is 14.6. The molecule has 0 unspecified atom stereocenters. The molecule has 1 saturated carbocycles. The van der Waals surface area contributed by atoms with E-state index in [1.807, 2.05) is 26.0 Å². The van der Waals surface area contributed by atoms with E-state index in [1.54, 1.807) is 12.1 Å². The zero-order valence-electron chi connectivity index (χ0n) is 10.8. The van der Waals surface area contributed by atoms with Crippen molar-refractivity contribution >= 4 is 11.8 Å². The Balaban J connectivity index is 1.94. The molecule has 18 heavy (non-hydrogen) atoms. The van der Waals surface area contributed by atoms with Crippen LogP contribution < -0.4 is 0 Å². The molecule has 1 aromatic carbocycles. The molecular weight excluding hydrogens is 228 g/mol. The lowest BCUT2D eigenvalue weighted by Gasteiger charge is -2.08. The molecule has 0 radical (unpaired) electrons. The Hall–Kier alpha value is -1.64. The van der Waals surface area contributed by atoms with Crippen LogP contribution in [0.1, 0.15) is 42.6 Å². The monoisotopic (exact) mass is 246 g/mol. The molecule has 1 aliphatic rings. The van der Waals surface area contributed by atoms with E-state index in [-0.39, 0.29) is 30.2 Å². The van der Waals surface area contributed by atoms with E-state index in [0.29, 0.717) is 0 Å². The lowest BCUT2D eigenvalue weighted by molar-refractivity contribution is -0.146. The van der Waals surface area contributed by atoms with Crippen LogP contribution in [0, 0.1) is 5.92 Å². The van der Waals surface area contributed by atoms with Crippen LogP contribution in [0.5, 0.6) is 0 Å². The molecule has 0 amide bonds. The highest BCUT2D eigenvalue weighted by atomic mass is 16.5. The molecule has 0 N–H and O–H groups in total. The highest BCUT2D eigenvalue weighted by Gasteiger charge is 2.30. The summed E-state index contributed by atoms with van der Waals surface area (Å²) in [4.78, 5) is 23.3. The zero-order valence-corrected chi connectivity index (χ0v) is 10.8. The maximum Gasteiger partial charge on any atom is 0.310 e. The second kappa shape index (κ2) is 5.34. The first kappa shape index (κ1) is 12.8. The van der Waals surface area contributed by atoms with Crippen LogP contribution >= 0.6 is 0 Å². The Labute approximate surface area is 107 Å². The molecule has 96 valence electrons. The fraction of sp³-hybridized carbons (Fsp3) is 0.467. The average Bonchev–Trinajstić information content (AvgIpc) is 3.11. The van der Waals surface area contributed by atoms with Crippen molar-refractivity contribution in [3.05, 3.63) is 35.4 Å². The fourth-order valence-corrected chi connectivity index (χ4v) is 1.84. The minimum absolute atomic E-state index is 0.0896. The number of rotatable bonds is 5. The topological polar surface area (TPSA) is 43.4 Å². The predicted octanol–water partition coefficient (Wildman–Crippen LogP) is 2.77. The summed E-state index contributed by atoms with van der Waals surface area (Å²) in [6.45, 7) is 3.66. The van der Waals surface area contributed by atoms with Gasteiger partial charge in [-0.1, -0.05) is 24.3 Å². The van der Waals surface area contributed by atoms with Gasteiger partial charge in [0.25, 0.3) is 0 Å². The number of ether oxygens (including phenoxy) is 1. The molecule has 1 aliphatic carbocycles. The van der Waals surface area contributed by atoms with Crippen molar-refractivity contribution in [2.24, 2.45) is 5.92 Å². The maximum atomic E-state index is 11.8. The van der Waals surface area contributed by atoms with Crippen LogP contribution in [-0.4, -0.2) is 17.9 Å². The van der Waals surface area contributed by atoms with Crippen LogP contribution in [0.2, 0.25) is 0 Å². The fourth-order valence-electron chi connectivity index (χ4n) is 1.84. The molecule has 0 spiro atoms. The minimum atomic E-state index is -0.230. The van der Waals surface area contributed by atoms with Crippen LogP contribution in [0.15, 0.2) is 24.3 Å². The number of esters is 1. The van der Waals surface area contributed by atoms with Crippen molar-refractivity contribution in [3.8, 4) is 0 Å². The summed E-state index contributed by atoms with van der Waals surface area (Å²) in [7, 11) is 0. The largest absolute Gasteiger partial charge is 0.463 e. The first-order chi connectivity index (χ1) is 8.56. The van der Waals surface area contributed by atoms with E-state index in [1.165, 1.54) is 0 Å². The van der Waals surface area contributed by atoms with Gasteiger partial charge in [-0.25, -0.2) is 0 Å². The maximum absolute atomic E-state index is 11.8. The third kappa shape index (κ3) is 3.42. The van der Waals surface area contributed by atoms with E-state index in [0.717, 1.165) is 24.0 Å². The van der Waals surface area contributed by atoms with Crippen molar-refractivity contribution < 1.29 is 14.3 Å². The number of Topliss-reactive ketones (excluding diaryl/α,β-unsaturated/α-hetero) is 1. The number of hydrogen-bond acceptors (Lipinski definition) is 3. The SMILES string of the molecule is CC(C)OC(=O)Cc1ccc(C(=O)C2CC2)cc1. The van der Waals surface area contributed by atoms with Crippen molar-refractivity contribution in [1.82, 2.24) is 0 Å². The average molecular weight is 246 g/mol. The molecular formula is C15H18O3. The Morgan fingerprint density at radius 3 is 2.33 bits per heavy atom. The van der Waals surface area contributed by atoms with Gasteiger partial charge in [-0.3, -0.25) is 9.59 Å². The van der Waals surface area contributed by atoms with Crippen molar-refractivity contribution in [1.29, 1.82) is 0 Å². The van der Waals surface area contributed by atoms with Crippen molar-refractivity contribution in [2.45, 2.75) is 39.2 Å². The van der Waals surface area contributed by atoms with Gasteiger partial charge in [-0.05, 0) is 32.3 Å². The van der Waals surface area contributed by atoms with Gasteiger partial charge in [0.1, 0.15) is 0 Å². The first-order valence-electron chi connectivity index (χ1n) is 6.39. The summed E-state index contributed by atoms with van der Waals surface area (Å²) >= 11 is 0. The summed E-state index contributed by atoms with van der Waals surface area (Å²) in [5.41, 5.74) is 1.63. The minimum Gasteiger partial charge on any atom is -0.463 e. The van der Waals surface area contributed by atoms with E-state index < -0.39 is 0 Å². The molecule has 0 heterocycles. The van der Waals surface area contributed by atoms with Crippen molar-refractivity contribution in [2.75, 3.05) is 0 Å². The van der Waals surface area contributed by atoms with Crippen LogP contribution in [0.3, 0.4) is 0 Å². The molecule has 2 rings (SSSR count). The molecule has 0 saturated heterocycles. The number of hydrogen-bond donors (Lipinski definition) is 0. The smallest absolute Gasteiger partial charge is 0.310 e. The predicted molar refractivity (Wildman–Crippen MR) is 68.4 cm³/mol. The number of benzene rings is 1.